The SMILES string of the molecule is CCCCCCCCC(O)C(O)(CCCCCCCC)CCCCCCCCCCCCN. The number of nitrogens with two attached hydrogens (primary N) is 1. The lowest BCUT2D eigenvalue weighted by Gasteiger charge is -2.34. The fourth-order valence-corrected chi connectivity index (χ4v) is 5.05. The Morgan fingerprint density at radius 3 is 1.24 bits per heavy atom. The molecule has 200 valence electrons. The summed E-state index contributed by atoms with van der Waals surface area (Å²) in [6.45, 7) is 5.33. The molecule has 0 aromatic carbocycles. The first-order chi connectivity index (χ1) is 16.1. The highest BCUT2D eigenvalue weighted by Crippen LogP contribution is 2.29. The predicted octanol–water partition coefficient (Wildman–Crippen LogP) is 8.83. The monoisotopic (exact) mass is 469 g/mol. The Balaban J connectivity index is 4.16. The smallest absolute Gasteiger partial charge is 0.0905 e. The third-order valence-electron chi connectivity index (χ3n) is 7.48. The van der Waals surface area contributed by atoms with Gasteiger partial charge in [0.1, 0.15) is 0 Å². The molecule has 0 saturated carbocycles. The first-order valence-corrected chi connectivity index (χ1v) is 15.2. The normalized spacial score (nSPS) is 14.5. The molecule has 0 amide bonds. The van der Waals surface area contributed by atoms with Crippen molar-refractivity contribution in [2.75, 3.05) is 6.54 Å². The molecule has 0 radical (unpaired) electrons. The van der Waals surface area contributed by atoms with Gasteiger partial charge in [0.2, 0.25) is 0 Å². The van der Waals surface area contributed by atoms with Crippen molar-refractivity contribution in [1.29, 1.82) is 0 Å². The van der Waals surface area contributed by atoms with Crippen molar-refractivity contribution < 1.29 is 10.2 Å². The lowest BCUT2D eigenvalue weighted by Crippen LogP contribution is -2.42. The van der Waals surface area contributed by atoms with Crippen LogP contribution in [-0.4, -0.2) is 28.5 Å². The van der Waals surface area contributed by atoms with E-state index in [2.05, 4.69) is 13.8 Å². The van der Waals surface area contributed by atoms with Gasteiger partial charge >= 0.3 is 0 Å². The second-order valence-corrected chi connectivity index (χ2v) is 10.8. The quantitative estimate of drug-likeness (QED) is 0.105. The number of hydrogen-bond donors (Lipinski definition) is 3. The van der Waals surface area contributed by atoms with Crippen LogP contribution >= 0.6 is 0 Å². The standard InChI is InChI=1S/C30H63NO2/c1-3-5-7-9-17-21-25-29(32)30(33,26-22-18-10-8-6-4-2)27-23-19-15-13-11-12-14-16-20-24-28-31/h29,32-33H,3-28,31H2,1-2H3. The Labute approximate surface area is 208 Å². The molecule has 0 bridgehead atoms. The molecular weight excluding hydrogens is 406 g/mol. The molecule has 0 aliphatic heterocycles. The summed E-state index contributed by atoms with van der Waals surface area (Å²) in [6, 6.07) is 0. The molecule has 0 saturated heterocycles. The van der Waals surface area contributed by atoms with Crippen LogP contribution in [-0.2, 0) is 0 Å². The van der Waals surface area contributed by atoms with Crippen LogP contribution in [0.1, 0.15) is 174 Å². The fourth-order valence-electron chi connectivity index (χ4n) is 5.05. The minimum Gasteiger partial charge on any atom is -0.390 e. The molecular formula is C30H63NO2. The predicted molar refractivity (Wildman–Crippen MR) is 147 cm³/mol. The summed E-state index contributed by atoms with van der Waals surface area (Å²) < 4.78 is 0. The van der Waals surface area contributed by atoms with Crippen molar-refractivity contribution in [3.05, 3.63) is 0 Å². The van der Waals surface area contributed by atoms with Gasteiger partial charge in [-0.25, -0.2) is 0 Å². The van der Waals surface area contributed by atoms with Gasteiger partial charge < -0.3 is 15.9 Å². The van der Waals surface area contributed by atoms with Crippen molar-refractivity contribution in [1.82, 2.24) is 0 Å². The molecule has 0 aliphatic rings. The summed E-state index contributed by atoms with van der Waals surface area (Å²) in [5.74, 6) is 0. The lowest BCUT2D eigenvalue weighted by molar-refractivity contribution is -0.0919. The molecule has 0 spiro atoms. The second kappa shape index (κ2) is 25.0. The molecule has 0 aromatic heterocycles. The average Bonchev–Trinajstić information content (AvgIpc) is 2.81. The van der Waals surface area contributed by atoms with Crippen LogP contribution in [0.2, 0.25) is 0 Å². The van der Waals surface area contributed by atoms with Gasteiger partial charge in [-0.3, -0.25) is 0 Å². The Bertz CT molecular complexity index is 376. The summed E-state index contributed by atoms with van der Waals surface area (Å²) >= 11 is 0. The number of aliphatic hydroxyl groups excluding tert-OH is 1. The summed E-state index contributed by atoms with van der Waals surface area (Å²) in [5, 5.41) is 22.3. The van der Waals surface area contributed by atoms with Crippen molar-refractivity contribution in [2.24, 2.45) is 5.73 Å². The van der Waals surface area contributed by atoms with Gasteiger partial charge in [0.05, 0.1) is 11.7 Å². The highest BCUT2D eigenvalue weighted by Gasteiger charge is 2.33. The van der Waals surface area contributed by atoms with Gasteiger partial charge in [-0.05, 0) is 32.2 Å². The van der Waals surface area contributed by atoms with Gasteiger partial charge in [0, 0.05) is 0 Å². The Hall–Kier alpha value is -0.120. The van der Waals surface area contributed by atoms with Crippen LogP contribution in [0.3, 0.4) is 0 Å². The van der Waals surface area contributed by atoms with E-state index < -0.39 is 11.7 Å². The van der Waals surface area contributed by atoms with Gasteiger partial charge in [-0.2, -0.15) is 0 Å². The maximum absolute atomic E-state index is 11.4. The zero-order chi connectivity index (χ0) is 24.5. The molecule has 33 heavy (non-hydrogen) atoms. The zero-order valence-electron chi connectivity index (χ0n) is 22.9. The largest absolute Gasteiger partial charge is 0.390 e. The zero-order valence-corrected chi connectivity index (χ0v) is 22.9. The number of unbranched alkanes of at least 4 members (excludes halogenated alkanes) is 19. The molecule has 3 heteroatoms. The number of aliphatic hydroxyl groups is 2. The Kier molecular flexibility index (Phi) is 24.9. The van der Waals surface area contributed by atoms with Gasteiger partial charge in [0.15, 0.2) is 0 Å². The number of hydrogen-bond acceptors (Lipinski definition) is 3. The molecule has 0 rings (SSSR count). The highest BCUT2D eigenvalue weighted by atomic mass is 16.3. The molecule has 2 unspecified atom stereocenters. The molecule has 0 aliphatic carbocycles. The molecule has 0 fully saturated rings. The van der Waals surface area contributed by atoms with Gasteiger partial charge in [-0.15, -0.1) is 0 Å². The van der Waals surface area contributed by atoms with Crippen LogP contribution in [0, 0.1) is 0 Å². The van der Waals surface area contributed by atoms with E-state index in [1.807, 2.05) is 0 Å². The van der Waals surface area contributed by atoms with Crippen molar-refractivity contribution in [3.8, 4) is 0 Å². The van der Waals surface area contributed by atoms with Crippen LogP contribution in [0.4, 0.5) is 0 Å². The van der Waals surface area contributed by atoms with E-state index in [9.17, 15) is 10.2 Å². The lowest BCUT2D eigenvalue weighted by atomic mass is 9.82. The van der Waals surface area contributed by atoms with E-state index in [1.54, 1.807) is 0 Å². The summed E-state index contributed by atoms with van der Waals surface area (Å²) in [5.41, 5.74) is 4.69. The van der Waals surface area contributed by atoms with Gasteiger partial charge in [-0.1, -0.05) is 149 Å². The van der Waals surface area contributed by atoms with E-state index in [-0.39, 0.29) is 0 Å². The van der Waals surface area contributed by atoms with Crippen LogP contribution in [0.25, 0.3) is 0 Å². The molecule has 0 heterocycles. The molecule has 3 nitrogen and oxygen atoms in total. The van der Waals surface area contributed by atoms with E-state index in [0.717, 1.165) is 45.1 Å². The topological polar surface area (TPSA) is 66.5 Å². The average molecular weight is 470 g/mol. The van der Waals surface area contributed by atoms with E-state index in [4.69, 9.17) is 5.73 Å². The minimum atomic E-state index is -0.864. The van der Waals surface area contributed by atoms with Crippen LogP contribution in [0.15, 0.2) is 0 Å². The fraction of sp³-hybridized carbons (Fsp3) is 1.00. The van der Waals surface area contributed by atoms with E-state index >= 15 is 0 Å². The van der Waals surface area contributed by atoms with E-state index in [0.29, 0.717) is 0 Å². The molecule has 0 aromatic rings. The van der Waals surface area contributed by atoms with E-state index in [1.165, 1.54) is 122 Å². The van der Waals surface area contributed by atoms with Gasteiger partial charge in [0.25, 0.3) is 0 Å². The maximum Gasteiger partial charge on any atom is 0.0905 e. The second-order valence-electron chi connectivity index (χ2n) is 10.8. The third kappa shape index (κ3) is 20.9. The summed E-state index contributed by atoms with van der Waals surface area (Å²) in [6.07, 6.45) is 29.2. The van der Waals surface area contributed by atoms with Crippen LogP contribution in [0.5, 0.6) is 0 Å². The Morgan fingerprint density at radius 1 is 0.515 bits per heavy atom. The first kappa shape index (κ1) is 32.9. The molecule has 2 atom stereocenters. The van der Waals surface area contributed by atoms with Crippen molar-refractivity contribution in [2.45, 2.75) is 186 Å². The minimum absolute atomic E-state index is 0.548. The summed E-state index contributed by atoms with van der Waals surface area (Å²) in [7, 11) is 0. The van der Waals surface area contributed by atoms with Crippen molar-refractivity contribution in [3.63, 3.8) is 0 Å². The maximum atomic E-state index is 11.4. The van der Waals surface area contributed by atoms with Crippen molar-refractivity contribution >= 4 is 0 Å². The third-order valence-corrected chi connectivity index (χ3v) is 7.48. The highest BCUT2D eigenvalue weighted by molar-refractivity contribution is 4.86. The molecule has 4 N–H and O–H groups in total. The first-order valence-electron chi connectivity index (χ1n) is 15.2. The number of rotatable bonds is 27. The Morgan fingerprint density at radius 2 is 0.848 bits per heavy atom. The van der Waals surface area contributed by atoms with Crippen LogP contribution < -0.4 is 5.73 Å². The summed E-state index contributed by atoms with van der Waals surface area (Å²) in [4.78, 5) is 0.